The summed E-state index contributed by atoms with van der Waals surface area (Å²) in [5, 5.41) is 8.93. The first kappa shape index (κ1) is 14.8. The van der Waals surface area contributed by atoms with Gasteiger partial charge in [0.25, 0.3) is 0 Å². The van der Waals surface area contributed by atoms with E-state index in [1.54, 1.807) is 0 Å². The van der Waals surface area contributed by atoms with E-state index in [9.17, 15) is 4.39 Å². The lowest BCUT2D eigenvalue weighted by Gasteiger charge is -2.15. The number of rotatable bonds is 9. The summed E-state index contributed by atoms with van der Waals surface area (Å²) < 4.78 is 22.5. The van der Waals surface area contributed by atoms with E-state index >= 15 is 0 Å². The van der Waals surface area contributed by atoms with Crippen LogP contribution in [0.2, 0.25) is 0 Å². The smallest absolute Gasteiger partial charge is 0.118 e. The third-order valence-corrected chi connectivity index (χ3v) is 1.96. The van der Waals surface area contributed by atoms with Crippen molar-refractivity contribution in [3.8, 4) is 0 Å². The summed E-state index contributed by atoms with van der Waals surface area (Å²) in [6.45, 7) is 5.96. The second kappa shape index (κ2) is 9.07. The summed E-state index contributed by atoms with van der Waals surface area (Å²) in [4.78, 5) is 0. The van der Waals surface area contributed by atoms with E-state index in [0.29, 0.717) is 0 Å². The van der Waals surface area contributed by atoms with Gasteiger partial charge in [-0.2, -0.15) is 0 Å². The van der Waals surface area contributed by atoms with Gasteiger partial charge in [0.15, 0.2) is 0 Å². The number of hydrogen-bond acceptors (Lipinski definition) is 3. The predicted molar refractivity (Wildman–Crippen MR) is 57.7 cm³/mol. The number of aliphatic hydroxyl groups excluding tert-OH is 1. The Labute approximate surface area is 91.6 Å². The molecule has 0 spiro atoms. The number of hydrogen-bond donors (Lipinski definition) is 1. The van der Waals surface area contributed by atoms with Gasteiger partial charge in [-0.1, -0.05) is 0 Å². The highest BCUT2D eigenvalue weighted by Gasteiger charge is 2.07. The van der Waals surface area contributed by atoms with Crippen LogP contribution in [0.4, 0.5) is 4.39 Å². The van der Waals surface area contributed by atoms with Gasteiger partial charge in [0.1, 0.15) is 12.8 Å². The van der Waals surface area contributed by atoms with E-state index < -0.39 is 12.8 Å². The standard InChI is InChI=1S/C11H23FO3/c1-9(2)14-6-4-5-10(3)15-8-11(13)7-12/h9-11,13H,4-8H2,1-3H3. The number of aliphatic hydroxyl groups is 1. The molecular formula is C11H23FO3. The molecule has 0 radical (unpaired) electrons. The highest BCUT2D eigenvalue weighted by Crippen LogP contribution is 2.03. The maximum absolute atomic E-state index is 11.9. The molecule has 92 valence electrons. The second-order valence-electron chi connectivity index (χ2n) is 4.01. The molecule has 0 bridgehead atoms. The van der Waals surface area contributed by atoms with E-state index in [1.165, 1.54) is 0 Å². The molecule has 0 aromatic rings. The Kier molecular flexibility index (Phi) is 8.95. The van der Waals surface area contributed by atoms with Crippen LogP contribution in [0.25, 0.3) is 0 Å². The molecule has 0 aliphatic carbocycles. The fraction of sp³-hybridized carbons (Fsp3) is 1.00. The minimum absolute atomic E-state index is 0.0435. The SMILES string of the molecule is CC(C)OCCCC(C)OCC(O)CF. The van der Waals surface area contributed by atoms with Crippen molar-refractivity contribution in [2.24, 2.45) is 0 Å². The molecule has 2 unspecified atom stereocenters. The van der Waals surface area contributed by atoms with Crippen molar-refractivity contribution >= 4 is 0 Å². The maximum atomic E-state index is 11.9. The van der Waals surface area contributed by atoms with E-state index in [-0.39, 0.29) is 18.8 Å². The van der Waals surface area contributed by atoms with Crippen LogP contribution in [0.5, 0.6) is 0 Å². The lowest BCUT2D eigenvalue weighted by atomic mass is 10.2. The molecule has 1 N–H and O–H groups in total. The largest absolute Gasteiger partial charge is 0.388 e. The first-order chi connectivity index (χ1) is 7.06. The first-order valence-corrected chi connectivity index (χ1v) is 5.53. The van der Waals surface area contributed by atoms with E-state index in [4.69, 9.17) is 14.6 Å². The molecule has 0 saturated carbocycles. The van der Waals surface area contributed by atoms with E-state index in [1.807, 2.05) is 20.8 Å². The van der Waals surface area contributed by atoms with Gasteiger partial charge < -0.3 is 14.6 Å². The number of alkyl halides is 1. The summed E-state index contributed by atoms with van der Waals surface area (Å²) in [5.41, 5.74) is 0. The molecule has 0 fully saturated rings. The summed E-state index contributed by atoms with van der Waals surface area (Å²) in [6.07, 6.45) is 1.10. The maximum Gasteiger partial charge on any atom is 0.118 e. The van der Waals surface area contributed by atoms with Crippen LogP contribution in [0.3, 0.4) is 0 Å². The monoisotopic (exact) mass is 222 g/mol. The van der Waals surface area contributed by atoms with Crippen molar-refractivity contribution in [2.75, 3.05) is 19.9 Å². The van der Waals surface area contributed by atoms with Crippen molar-refractivity contribution < 1.29 is 19.0 Å². The topological polar surface area (TPSA) is 38.7 Å². The minimum atomic E-state index is -0.987. The van der Waals surface area contributed by atoms with Crippen molar-refractivity contribution in [2.45, 2.75) is 51.9 Å². The molecule has 4 heteroatoms. The van der Waals surface area contributed by atoms with Crippen molar-refractivity contribution in [3.63, 3.8) is 0 Å². The molecule has 0 aromatic heterocycles. The van der Waals surface area contributed by atoms with Gasteiger partial charge in [0, 0.05) is 6.61 Å². The highest BCUT2D eigenvalue weighted by molar-refractivity contribution is 4.55. The van der Waals surface area contributed by atoms with Crippen LogP contribution in [0, 0.1) is 0 Å². The van der Waals surface area contributed by atoms with Gasteiger partial charge in [-0.15, -0.1) is 0 Å². The van der Waals surface area contributed by atoms with Crippen LogP contribution in [0.1, 0.15) is 33.6 Å². The fourth-order valence-corrected chi connectivity index (χ4v) is 1.09. The summed E-state index contributed by atoms with van der Waals surface area (Å²) in [5.74, 6) is 0. The Morgan fingerprint density at radius 1 is 1.20 bits per heavy atom. The first-order valence-electron chi connectivity index (χ1n) is 5.53. The highest BCUT2D eigenvalue weighted by atomic mass is 19.1. The summed E-state index contributed by atoms with van der Waals surface area (Å²) in [7, 11) is 0. The van der Waals surface area contributed by atoms with E-state index in [0.717, 1.165) is 19.4 Å². The molecule has 0 amide bonds. The molecular weight excluding hydrogens is 199 g/mol. The molecule has 0 rings (SSSR count). The fourth-order valence-electron chi connectivity index (χ4n) is 1.09. The van der Waals surface area contributed by atoms with Crippen LogP contribution in [-0.4, -0.2) is 43.3 Å². The summed E-state index contributed by atoms with van der Waals surface area (Å²) >= 11 is 0. The van der Waals surface area contributed by atoms with Gasteiger partial charge in [0.2, 0.25) is 0 Å². The summed E-state index contributed by atoms with van der Waals surface area (Å²) in [6, 6.07) is 0. The van der Waals surface area contributed by atoms with Gasteiger partial charge in [-0.3, -0.25) is 0 Å². The lowest BCUT2D eigenvalue weighted by molar-refractivity contribution is -0.0175. The normalized spacial score (nSPS) is 15.6. The third-order valence-electron chi connectivity index (χ3n) is 1.96. The zero-order valence-corrected chi connectivity index (χ0v) is 9.91. The van der Waals surface area contributed by atoms with Gasteiger partial charge in [-0.25, -0.2) is 4.39 Å². The Bertz CT molecular complexity index is 142. The van der Waals surface area contributed by atoms with Crippen molar-refractivity contribution in [1.82, 2.24) is 0 Å². The lowest BCUT2D eigenvalue weighted by Crippen LogP contribution is -2.21. The van der Waals surface area contributed by atoms with Crippen LogP contribution in [-0.2, 0) is 9.47 Å². The molecule has 0 heterocycles. The molecule has 0 aliphatic rings. The molecule has 0 saturated heterocycles. The van der Waals surface area contributed by atoms with Gasteiger partial charge >= 0.3 is 0 Å². The average Bonchev–Trinajstić information content (AvgIpc) is 2.20. The third kappa shape index (κ3) is 10.1. The zero-order valence-electron chi connectivity index (χ0n) is 9.91. The van der Waals surface area contributed by atoms with Gasteiger partial charge in [0.05, 0.1) is 18.8 Å². The molecule has 3 nitrogen and oxygen atoms in total. The molecule has 2 atom stereocenters. The molecule has 15 heavy (non-hydrogen) atoms. The van der Waals surface area contributed by atoms with Crippen molar-refractivity contribution in [3.05, 3.63) is 0 Å². The van der Waals surface area contributed by atoms with Crippen LogP contribution in [0.15, 0.2) is 0 Å². The molecule has 0 aliphatic heterocycles. The Hall–Kier alpha value is -0.190. The molecule has 0 aromatic carbocycles. The number of ether oxygens (including phenoxy) is 2. The predicted octanol–water partition coefficient (Wildman–Crippen LogP) is 1.93. The zero-order chi connectivity index (χ0) is 11.7. The Morgan fingerprint density at radius 3 is 2.40 bits per heavy atom. The van der Waals surface area contributed by atoms with Crippen LogP contribution >= 0.6 is 0 Å². The number of halogens is 1. The van der Waals surface area contributed by atoms with Gasteiger partial charge in [-0.05, 0) is 33.6 Å². The minimum Gasteiger partial charge on any atom is -0.388 e. The second-order valence-corrected chi connectivity index (χ2v) is 4.01. The average molecular weight is 222 g/mol. The quantitative estimate of drug-likeness (QED) is 0.606. The van der Waals surface area contributed by atoms with Crippen LogP contribution < -0.4 is 0 Å². The Balaban J connectivity index is 3.29. The Morgan fingerprint density at radius 2 is 1.87 bits per heavy atom. The van der Waals surface area contributed by atoms with Crippen molar-refractivity contribution in [1.29, 1.82) is 0 Å². The van der Waals surface area contributed by atoms with E-state index in [2.05, 4.69) is 0 Å².